The van der Waals surface area contributed by atoms with E-state index < -0.39 is 0 Å². The Morgan fingerprint density at radius 1 is 1.00 bits per heavy atom. The van der Waals surface area contributed by atoms with Crippen LogP contribution in [0.15, 0.2) is 0 Å². The predicted octanol–water partition coefficient (Wildman–Crippen LogP) is 2.11. The first-order valence-corrected chi connectivity index (χ1v) is 5.64. The van der Waals surface area contributed by atoms with E-state index in [4.69, 9.17) is 4.74 Å². The van der Waals surface area contributed by atoms with E-state index in [0.717, 1.165) is 38.2 Å². The Morgan fingerprint density at radius 3 is 2.23 bits per heavy atom. The largest absolute Gasteiger partial charge is 0.393 e. The first kappa shape index (κ1) is 9.47. The van der Waals surface area contributed by atoms with Crippen molar-refractivity contribution in [3.8, 4) is 0 Å². The van der Waals surface area contributed by atoms with Crippen LogP contribution >= 0.6 is 0 Å². The van der Waals surface area contributed by atoms with Crippen LogP contribution in [0, 0.1) is 5.92 Å². The van der Waals surface area contributed by atoms with Gasteiger partial charge in [-0.1, -0.05) is 6.42 Å². The molecule has 2 rings (SSSR count). The summed E-state index contributed by atoms with van der Waals surface area (Å²) in [5.74, 6) is 0.854. The Balaban J connectivity index is 1.59. The first-order valence-electron chi connectivity index (χ1n) is 5.64. The fraction of sp³-hybridized carbons (Fsp3) is 1.00. The molecule has 2 nitrogen and oxygen atoms in total. The number of ether oxygens (including phenoxy) is 1. The minimum Gasteiger partial charge on any atom is -0.393 e. The predicted molar refractivity (Wildman–Crippen MR) is 51.6 cm³/mol. The van der Waals surface area contributed by atoms with E-state index in [-0.39, 0.29) is 6.10 Å². The van der Waals surface area contributed by atoms with Crippen molar-refractivity contribution in [2.45, 2.75) is 57.2 Å². The van der Waals surface area contributed by atoms with Gasteiger partial charge in [-0.05, 0) is 44.4 Å². The number of aliphatic hydroxyl groups is 1. The molecule has 0 saturated heterocycles. The van der Waals surface area contributed by atoms with E-state index in [1.807, 2.05) is 0 Å². The second-order valence-corrected chi connectivity index (χ2v) is 4.56. The van der Waals surface area contributed by atoms with Crippen molar-refractivity contribution in [1.82, 2.24) is 0 Å². The highest BCUT2D eigenvalue weighted by Gasteiger charge is 2.23. The molecule has 0 aliphatic heterocycles. The minimum absolute atomic E-state index is 0.0523. The topological polar surface area (TPSA) is 29.5 Å². The molecule has 0 aromatic carbocycles. The Kier molecular flexibility index (Phi) is 3.23. The number of aliphatic hydroxyl groups excluding tert-OH is 1. The lowest BCUT2D eigenvalue weighted by atomic mass is 9.86. The summed E-state index contributed by atoms with van der Waals surface area (Å²) in [5, 5.41) is 9.31. The van der Waals surface area contributed by atoms with Gasteiger partial charge in [0, 0.05) is 6.61 Å². The van der Waals surface area contributed by atoms with Crippen molar-refractivity contribution in [1.29, 1.82) is 0 Å². The Labute approximate surface area is 80.3 Å². The van der Waals surface area contributed by atoms with Crippen LogP contribution in [-0.4, -0.2) is 23.9 Å². The lowest BCUT2D eigenvalue weighted by Gasteiger charge is -2.30. The van der Waals surface area contributed by atoms with Gasteiger partial charge in [0.05, 0.1) is 12.2 Å². The molecule has 2 aliphatic rings. The third kappa shape index (κ3) is 2.68. The van der Waals surface area contributed by atoms with E-state index in [2.05, 4.69) is 0 Å². The molecule has 0 heterocycles. The Bertz CT molecular complexity index is 146. The molecule has 2 saturated carbocycles. The quantitative estimate of drug-likeness (QED) is 0.728. The van der Waals surface area contributed by atoms with Crippen LogP contribution in [0.5, 0.6) is 0 Å². The zero-order valence-corrected chi connectivity index (χ0v) is 8.24. The molecular formula is C11H20O2. The molecule has 2 aliphatic carbocycles. The molecule has 0 unspecified atom stereocenters. The van der Waals surface area contributed by atoms with Crippen LogP contribution in [0.25, 0.3) is 0 Å². The third-order valence-corrected chi connectivity index (χ3v) is 3.44. The molecule has 0 atom stereocenters. The molecular weight excluding hydrogens is 164 g/mol. The summed E-state index contributed by atoms with van der Waals surface area (Å²) >= 11 is 0. The number of hydrogen-bond acceptors (Lipinski definition) is 2. The minimum atomic E-state index is -0.0523. The Hall–Kier alpha value is -0.0800. The van der Waals surface area contributed by atoms with Gasteiger partial charge >= 0.3 is 0 Å². The van der Waals surface area contributed by atoms with Crippen LogP contribution in [-0.2, 0) is 4.74 Å². The van der Waals surface area contributed by atoms with Gasteiger partial charge in [-0.2, -0.15) is 0 Å². The summed E-state index contributed by atoms with van der Waals surface area (Å²) in [4.78, 5) is 0. The highest BCUT2D eigenvalue weighted by Crippen LogP contribution is 2.28. The fourth-order valence-corrected chi connectivity index (χ4v) is 2.14. The monoisotopic (exact) mass is 184 g/mol. The highest BCUT2D eigenvalue weighted by molar-refractivity contribution is 4.74. The standard InChI is InChI=1S/C11H20O2/c12-10-4-6-11(7-5-10)13-8-9-2-1-3-9/h9-12H,1-8H2. The average molecular weight is 184 g/mol. The maximum Gasteiger partial charge on any atom is 0.0577 e. The van der Waals surface area contributed by atoms with Crippen molar-refractivity contribution >= 4 is 0 Å². The van der Waals surface area contributed by atoms with Crippen molar-refractivity contribution in [3.05, 3.63) is 0 Å². The van der Waals surface area contributed by atoms with E-state index in [0.29, 0.717) is 6.10 Å². The van der Waals surface area contributed by atoms with Gasteiger partial charge in [0.25, 0.3) is 0 Å². The second-order valence-electron chi connectivity index (χ2n) is 4.56. The van der Waals surface area contributed by atoms with E-state index in [9.17, 15) is 5.11 Å². The molecule has 0 aromatic rings. The van der Waals surface area contributed by atoms with Gasteiger partial charge in [-0.25, -0.2) is 0 Å². The molecule has 0 radical (unpaired) electrons. The lowest BCUT2D eigenvalue weighted by Crippen LogP contribution is -2.27. The molecule has 1 N–H and O–H groups in total. The average Bonchev–Trinajstić information content (AvgIpc) is 2.05. The maximum absolute atomic E-state index is 9.31. The van der Waals surface area contributed by atoms with E-state index in [1.54, 1.807) is 0 Å². The van der Waals surface area contributed by atoms with Crippen LogP contribution in [0.1, 0.15) is 44.9 Å². The van der Waals surface area contributed by atoms with Gasteiger partial charge in [-0.15, -0.1) is 0 Å². The molecule has 0 aromatic heterocycles. The summed E-state index contributed by atoms with van der Waals surface area (Å²) in [6.07, 6.45) is 8.54. The van der Waals surface area contributed by atoms with Crippen LogP contribution in [0.3, 0.4) is 0 Å². The molecule has 13 heavy (non-hydrogen) atoms. The third-order valence-electron chi connectivity index (χ3n) is 3.44. The first-order chi connectivity index (χ1) is 6.34. The fourth-order valence-electron chi connectivity index (χ4n) is 2.14. The SMILES string of the molecule is OC1CCC(OCC2CCC2)CC1. The summed E-state index contributed by atoms with van der Waals surface area (Å²) in [5.41, 5.74) is 0. The number of hydrogen-bond donors (Lipinski definition) is 1. The van der Waals surface area contributed by atoms with E-state index >= 15 is 0 Å². The molecule has 2 fully saturated rings. The summed E-state index contributed by atoms with van der Waals surface area (Å²) in [6.45, 7) is 0.973. The van der Waals surface area contributed by atoms with Gasteiger partial charge < -0.3 is 9.84 Å². The number of rotatable bonds is 3. The smallest absolute Gasteiger partial charge is 0.0577 e. The molecule has 0 amide bonds. The van der Waals surface area contributed by atoms with Gasteiger partial charge in [-0.3, -0.25) is 0 Å². The molecule has 2 heteroatoms. The van der Waals surface area contributed by atoms with Crippen LogP contribution < -0.4 is 0 Å². The van der Waals surface area contributed by atoms with Crippen LogP contribution in [0.2, 0.25) is 0 Å². The van der Waals surface area contributed by atoms with Crippen LogP contribution in [0.4, 0.5) is 0 Å². The zero-order valence-electron chi connectivity index (χ0n) is 8.24. The van der Waals surface area contributed by atoms with Crippen molar-refractivity contribution in [2.75, 3.05) is 6.61 Å². The zero-order chi connectivity index (χ0) is 9.10. The maximum atomic E-state index is 9.31. The summed E-state index contributed by atoms with van der Waals surface area (Å²) in [6, 6.07) is 0. The summed E-state index contributed by atoms with van der Waals surface area (Å²) < 4.78 is 5.82. The second kappa shape index (κ2) is 4.43. The molecule has 0 spiro atoms. The van der Waals surface area contributed by atoms with Gasteiger partial charge in [0.1, 0.15) is 0 Å². The van der Waals surface area contributed by atoms with E-state index in [1.165, 1.54) is 19.3 Å². The molecule has 76 valence electrons. The lowest BCUT2D eigenvalue weighted by molar-refractivity contribution is -0.0281. The van der Waals surface area contributed by atoms with Crippen molar-refractivity contribution in [3.63, 3.8) is 0 Å². The van der Waals surface area contributed by atoms with Crippen molar-refractivity contribution < 1.29 is 9.84 Å². The van der Waals surface area contributed by atoms with Gasteiger partial charge in [0.2, 0.25) is 0 Å². The highest BCUT2D eigenvalue weighted by atomic mass is 16.5. The van der Waals surface area contributed by atoms with Gasteiger partial charge in [0.15, 0.2) is 0 Å². The Morgan fingerprint density at radius 2 is 1.69 bits per heavy atom. The summed E-state index contributed by atoms with van der Waals surface area (Å²) in [7, 11) is 0. The van der Waals surface area contributed by atoms with Crippen molar-refractivity contribution in [2.24, 2.45) is 5.92 Å². The normalized spacial score (nSPS) is 35.8. The molecule has 0 bridgehead atoms.